The standard InChI is InChI=1S/C6H8S.3BF4.K.H/c1-2-6-4-3-5-7-6;3*2-1(3,4)5;;/h3-5H,2H2,1H3;;;;;/q;3*-1;;. The van der Waals surface area contributed by atoms with Gasteiger partial charge < -0.3 is 51.8 Å². The monoisotopic (exact) mass is 413 g/mol. The van der Waals surface area contributed by atoms with Gasteiger partial charge in [0.2, 0.25) is 0 Å². The Labute approximate surface area is 170 Å². The van der Waals surface area contributed by atoms with Crippen LogP contribution in [-0.4, -0.2) is 73.1 Å². The van der Waals surface area contributed by atoms with Gasteiger partial charge in [-0.1, -0.05) is 13.0 Å². The van der Waals surface area contributed by atoms with Crippen LogP contribution in [-0.2, 0) is 6.42 Å². The van der Waals surface area contributed by atoms with Gasteiger partial charge in [-0.15, -0.1) is 11.3 Å². The molecule has 0 saturated carbocycles. The maximum absolute atomic E-state index is 9.75. The number of hydrogen-bond donors (Lipinski definition) is 0. The fraction of sp³-hybridized carbons (Fsp3) is 0.333. The Balaban J connectivity index is -0.000000105. The molecule has 0 aliphatic rings. The van der Waals surface area contributed by atoms with Gasteiger partial charge in [-0.05, 0) is 17.9 Å². The average Bonchev–Trinajstić information content (AvgIpc) is 2.60. The van der Waals surface area contributed by atoms with E-state index in [4.69, 9.17) is 0 Å². The molecule has 1 heterocycles. The summed E-state index contributed by atoms with van der Waals surface area (Å²) in [5.41, 5.74) is 0. The Morgan fingerprint density at radius 2 is 1.00 bits per heavy atom. The molecule has 17 heteroatoms. The molecule has 1 rings (SSSR count). The van der Waals surface area contributed by atoms with E-state index in [-0.39, 0.29) is 51.4 Å². The van der Waals surface area contributed by atoms with E-state index in [1.807, 2.05) is 11.3 Å². The molecule has 0 spiro atoms. The van der Waals surface area contributed by atoms with Gasteiger partial charge in [0.05, 0.1) is 0 Å². The summed E-state index contributed by atoms with van der Waals surface area (Å²) in [6.07, 6.45) is 1.18. The molecule has 0 aliphatic carbocycles. The molecular formula is C6H9B3F12KS-3. The number of aryl methyl sites for hydroxylation is 1. The molecule has 0 nitrogen and oxygen atoms in total. The predicted octanol–water partition coefficient (Wildman–Crippen LogP) is 5.56. The third-order valence-electron chi connectivity index (χ3n) is 0.929. The van der Waals surface area contributed by atoms with Crippen molar-refractivity contribution in [1.29, 1.82) is 0 Å². The van der Waals surface area contributed by atoms with Crippen LogP contribution in [0.1, 0.15) is 11.8 Å². The topological polar surface area (TPSA) is 0 Å². The summed E-state index contributed by atoms with van der Waals surface area (Å²) < 4.78 is 117. The third kappa shape index (κ3) is 103. The number of hydrogen-bond acceptors (Lipinski definition) is 1. The molecule has 0 atom stereocenters. The van der Waals surface area contributed by atoms with Crippen molar-refractivity contribution < 1.29 is 51.8 Å². The number of rotatable bonds is 1. The summed E-state index contributed by atoms with van der Waals surface area (Å²) >= 11 is 1.82. The van der Waals surface area contributed by atoms with E-state index in [1.165, 1.54) is 11.3 Å². The van der Waals surface area contributed by atoms with Crippen molar-refractivity contribution in [2.45, 2.75) is 13.3 Å². The van der Waals surface area contributed by atoms with Gasteiger partial charge >= 0.3 is 73.1 Å². The van der Waals surface area contributed by atoms with Gasteiger partial charge in [-0.2, -0.15) is 0 Å². The van der Waals surface area contributed by atoms with E-state index >= 15 is 0 Å². The van der Waals surface area contributed by atoms with Gasteiger partial charge in [-0.3, -0.25) is 0 Å². The van der Waals surface area contributed by atoms with Crippen molar-refractivity contribution in [3.05, 3.63) is 22.4 Å². The summed E-state index contributed by atoms with van der Waals surface area (Å²) in [5, 5.41) is 2.11. The summed E-state index contributed by atoms with van der Waals surface area (Å²) in [6.45, 7) is 2.17. The van der Waals surface area contributed by atoms with Crippen LogP contribution in [0.5, 0.6) is 0 Å². The summed E-state index contributed by atoms with van der Waals surface area (Å²) in [5.74, 6) is 0. The molecule has 136 valence electrons. The molecule has 0 fully saturated rings. The zero-order chi connectivity index (χ0) is 18.6. The quantitative estimate of drug-likeness (QED) is 0.418. The van der Waals surface area contributed by atoms with Crippen molar-refractivity contribution in [1.82, 2.24) is 0 Å². The molecule has 0 bridgehead atoms. The fourth-order valence-corrected chi connectivity index (χ4v) is 1.17. The van der Waals surface area contributed by atoms with E-state index < -0.39 is 21.8 Å². The second-order valence-corrected chi connectivity index (χ2v) is 3.95. The Hall–Kier alpha value is 0.691. The molecule has 1 aromatic heterocycles. The van der Waals surface area contributed by atoms with Crippen molar-refractivity contribution in [2.75, 3.05) is 0 Å². The van der Waals surface area contributed by atoms with E-state index in [0.29, 0.717) is 0 Å². The van der Waals surface area contributed by atoms with Crippen LogP contribution in [0.25, 0.3) is 0 Å². The van der Waals surface area contributed by atoms with Crippen LogP contribution in [0.2, 0.25) is 0 Å². The van der Waals surface area contributed by atoms with E-state index in [9.17, 15) is 51.8 Å². The molecular weight excluding hydrogens is 404 g/mol. The summed E-state index contributed by atoms with van der Waals surface area (Å²) in [4.78, 5) is 1.47. The first-order valence-electron chi connectivity index (χ1n) is 5.07. The van der Waals surface area contributed by atoms with Gasteiger partial charge in [0, 0.05) is 4.88 Å². The normalized spacial score (nSPS) is 10.7. The Morgan fingerprint density at radius 3 is 1.09 bits per heavy atom. The predicted molar refractivity (Wildman–Crippen MR) is 71.4 cm³/mol. The third-order valence-corrected chi connectivity index (χ3v) is 1.95. The van der Waals surface area contributed by atoms with Gasteiger partial charge in [0.1, 0.15) is 0 Å². The first kappa shape index (κ1) is 31.5. The Kier molecular flexibility index (Phi) is 20.5. The fourth-order valence-electron chi connectivity index (χ4n) is 0.514. The molecule has 0 saturated heterocycles. The zero-order valence-electron chi connectivity index (χ0n) is 10.6. The molecule has 0 unspecified atom stereocenters. The minimum absolute atomic E-state index is 0. The van der Waals surface area contributed by atoms with Gasteiger partial charge in [-0.25, -0.2) is 0 Å². The molecule has 0 N–H and O–H groups in total. The summed E-state index contributed by atoms with van der Waals surface area (Å²) in [6, 6.07) is 4.24. The van der Waals surface area contributed by atoms with Crippen LogP contribution in [0, 0.1) is 0 Å². The molecule has 0 aliphatic heterocycles. The first-order valence-corrected chi connectivity index (χ1v) is 5.95. The SMILES string of the molecule is CCc1cccs1.F[B-](F)(F)F.F[B-](F)(F)F.F[B-](F)(F)F.[KH]. The van der Waals surface area contributed by atoms with Gasteiger partial charge in [0.25, 0.3) is 0 Å². The van der Waals surface area contributed by atoms with Crippen molar-refractivity contribution >= 4 is 84.5 Å². The van der Waals surface area contributed by atoms with Crippen LogP contribution in [0.4, 0.5) is 51.8 Å². The minimum atomic E-state index is -6.00. The summed E-state index contributed by atoms with van der Waals surface area (Å²) in [7, 11) is -18.0. The van der Waals surface area contributed by atoms with Crippen molar-refractivity contribution in [3.8, 4) is 0 Å². The van der Waals surface area contributed by atoms with Gasteiger partial charge in [0.15, 0.2) is 0 Å². The molecule has 1 aromatic rings. The molecule has 0 aromatic carbocycles. The number of halogens is 12. The second-order valence-electron chi connectivity index (χ2n) is 2.92. The van der Waals surface area contributed by atoms with Crippen LogP contribution in [0.3, 0.4) is 0 Å². The molecule has 0 radical (unpaired) electrons. The van der Waals surface area contributed by atoms with E-state index in [0.717, 1.165) is 0 Å². The number of thiophene rings is 1. The van der Waals surface area contributed by atoms with Crippen LogP contribution >= 0.6 is 11.3 Å². The van der Waals surface area contributed by atoms with Crippen LogP contribution < -0.4 is 0 Å². The first-order chi connectivity index (χ1) is 9.43. The zero-order valence-corrected chi connectivity index (χ0v) is 11.4. The maximum atomic E-state index is 9.75. The van der Waals surface area contributed by atoms with Crippen molar-refractivity contribution in [3.63, 3.8) is 0 Å². The van der Waals surface area contributed by atoms with E-state index in [2.05, 4.69) is 24.4 Å². The van der Waals surface area contributed by atoms with Crippen LogP contribution in [0.15, 0.2) is 17.5 Å². The van der Waals surface area contributed by atoms with Crippen molar-refractivity contribution in [2.24, 2.45) is 0 Å². The average molecular weight is 413 g/mol. The molecule has 0 amide bonds. The second kappa shape index (κ2) is 15.0. The molecule has 23 heavy (non-hydrogen) atoms. The Morgan fingerprint density at radius 1 is 0.739 bits per heavy atom. The Bertz CT molecular complexity index is 301. The van der Waals surface area contributed by atoms with E-state index in [1.54, 1.807) is 0 Å².